The largest absolute Gasteiger partial charge is 0.459 e. The number of hydrogen-bond donors (Lipinski definition) is 1. The number of amides is 3. The topological polar surface area (TPSA) is 117 Å². The molecule has 0 saturated carbocycles. The minimum absolute atomic E-state index is 0.0606. The van der Waals surface area contributed by atoms with Gasteiger partial charge in [0, 0.05) is 26.2 Å². The number of piperazine rings is 1. The second-order valence-electron chi connectivity index (χ2n) is 7.78. The van der Waals surface area contributed by atoms with Crippen molar-refractivity contribution in [2.45, 2.75) is 17.2 Å². The Kier molecular flexibility index (Phi) is 6.85. The Morgan fingerprint density at radius 1 is 0.971 bits per heavy atom. The van der Waals surface area contributed by atoms with Crippen molar-refractivity contribution in [1.82, 2.24) is 15.1 Å². The minimum Gasteiger partial charge on any atom is -0.459 e. The van der Waals surface area contributed by atoms with Crippen molar-refractivity contribution in [3.8, 4) is 0 Å². The number of carbonyl (C=O) groups excluding carboxylic acids is 3. The van der Waals surface area contributed by atoms with E-state index < -0.39 is 27.0 Å². The first kappa shape index (κ1) is 23.7. The van der Waals surface area contributed by atoms with Crippen molar-refractivity contribution in [2.24, 2.45) is 0 Å². The lowest BCUT2D eigenvalue weighted by atomic mass is 10.2. The predicted octanol–water partition coefficient (Wildman–Crippen LogP) is 2.16. The summed E-state index contributed by atoms with van der Waals surface area (Å²) in [7, 11) is -4.23. The van der Waals surface area contributed by atoms with Crippen LogP contribution >= 0.6 is 11.3 Å². The highest BCUT2D eigenvalue weighted by atomic mass is 32.2. The number of aryl methyl sites for hydroxylation is 1. The molecule has 11 heteroatoms. The maximum absolute atomic E-state index is 13.4. The predicted molar refractivity (Wildman–Crippen MR) is 125 cm³/mol. The van der Waals surface area contributed by atoms with Crippen LogP contribution in [0.25, 0.3) is 0 Å². The summed E-state index contributed by atoms with van der Waals surface area (Å²) in [6.45, 7) is 2.49. The molecule has 1 aromatic carbocycles. The van der Waals surface area contributed by atoms with Gasteiger partial charge in [0.05, 0.1) is 16.0 Å². The van der Waals surface area contributed by atoms with Gasteiger partial charge in [-0.25, -0.2) is 8.42 Å². The lowest BCUT2D eigenvalue weighted by Crippen LogP contribution is -2.57. The Balaban J connectivity index is 1.55. The smallest absolute Gasteiger partial charge is 0.289 e. The van der Waals surface area contributed by atoms with E-state index in [0.29, 0.717) is 4.88 Å². The van der Waals surface area contributed by atoms with E-state index in [4.69, 9.17) is 4.42 Å². The molecular formula is C23H23N3O6S2. The molecule has 1 saturated heterocycles. The first-order valence-electron chi connectivity index (χ1n) is 10.5. The number of rotatable bonds is 6. The first-order chi connectivity index (χ1) is 16.3. The standard InChI is InChI=1S/C23H23N3O6S2/c1-16-6-8-17(9-7-16)34(30,31)21(24-20(27)19-5-3-15-33-19)23(29)26-12-10-25(11-13-26)22(28)18-4-2-14-32-18/h2-9,14-15,21H,10-13H2,1H3,(H,24,27)/t21-/m1/s1. The van der Waals surface area contributed by atoms with Gasteiger partial charge in [-0.05, 0) is 42.6 Å². The fourth-order valence-electron chi connectivity index (χ4n) is 3.59. The first-order valence-corrected chi connectivity index (χ1v) is 13.0. The Bertz CT molecular complexity index is 1260. The lowest BCUT2D eigenvalue weighted by Gasteiger charge is -2.36. The van der Waals surface area contributed by atoms with Crippen LogP contribution in [0.2, 0.25) is 0 Å². The summed E-state index contributed by atoms with van der Waals surface area (Å²) in [4.78, 5) is 41.7. The van der Waals surface area contributed by atoms with E-state index in [1.165, 1.54) is 28.2 Å². The van der Waals surface area contributed by atoms with Crippen LogP contribution in [0.5, 0.6) is 0 Å². The average molecular weight is 502 g/mol. The van der Waals surface area contributed by atoms with E-state index in [0.717, 1.165) is 16.9 Å². The number of thiophene rings is 1. The van der Waals surface area contributed by atoms with Crippen LogP contribution in [-0.2, 0) is 14.6 Å². The number of benzene rings is 1. The number of hydrogen-bond acceptors (Lipinski definition) is 7. The number of sulfone groups is 1. The third kappa shape index (κ3) is 4.90. The van der Waals surface area contributed by atoms with Gasteiger partial charge in [0.1, 0.15) is 0 Å². The SMILES string of the molecule is Cc1ccc(S(=O)(=O)[C@@H](NC(=O)c2cccs2)C(=O)N2CCN(C(=O)c3ccco3)CC2)cc1. The zero-order valence-electron chi connectivity index (χ0n) is 18.3. The van der Waals surface area contributed by atoms with Crippen molar-refractivity contribution < 1.29 is 27.2 Å². The zero-order valence-corrected chi connectivity index (χ0v) is 20.0. The van der Waals surface area contributed by atoms with E-state index >= 15 is 0 Å². The highest BCUT2D eigenvalue weighted by Crippen LogP contribution is 2.20. The molecule has 178 valence electrons. The van der Waals surface area contributed by atoms with Gasteiger partial charge in [0.15, 0.2) is 5.76 Å². The molecular weight excluding hydrogens is 478 g/mol. The molecule has 1 aliphatic rings. The van der Waals surface area contributed by atoms with Gasteiger partial charge in [-0.1, -0.05) is 23.8 Å². The van der Waals surface area contributed by atoms with Crippen molar-refractivity contribution >= 4 is 38.9 Å². The Morgan fingerprint density at radius 3 is 2.24 bits per heavy atom. The molecule has 34 heavy (non-hydrogen) atoms. The molecule has 0 bridgehead atoms. The lowest BCUT2D eigenvalue weighted by molar-refractivity contribution is -0.132. The quantitative estimate of drug-likeness (QED) is 0.553. The summed E-state index contributed by atoms with van der Waals surface area (Å²) in [5, 5.41) is 2.32. The molecule has 1 atom stereocenters. The highest BCUT2D eigenvalue weighted by molar-refractivity contribution is 7.92. The summed E-state index contributed by atoms with van der Waals surface area (Å²) < 4.78 is 32.0. The van der Waals surface area contributed by atoms with Crippen molar-refractivity contribution in [1.29, 1.82) is 0 Å². The minimum atomic E-state index is -4.23. The molecule has 1 aliphatic heterocycles. The van der Waals surface area contributed by atoms with E-state index in [1.54, 1.807) is 41.8 Å². The number of furan rings is 1. The number of carbonyl (C=O) groups is 3. The zero-order chi connectivity index (χ0) is 24.3. The van der Waals surface area contributed by atoms with Gasteiger partial charge in [-0.2, -0.15) is 0 Å². The summed E-state index contributed by atoms with van der Waals surface area (Å²) in [6.07, 6.45) is 1.41. The van der Waals surface area contributed by atoms with Gasteiger partial charge in [-0.3, -0.25) is 14.4 Å². The maximum Gasteiger partial charge on any atom is 0.289 e. The summed E-state index contributed by atoms with van der Waals surface area (Å²) in [5.74, 6) is -1.49. The molecule has 0 aliphatic carbocycles. The molecule has 9 nitrogen and oxygen atoms in total. The molecule has 3 aromatic rings. The maximum atomic E-state index is 13.4. The highest BCUT2D eigenvalue weighted by Gasteiger charge is 2.40. The third-order valence-electron chi connectivity index (χ3n) is 5.50. The van der Waals surface area contributed by atoms with E-state index in [2.05, 4.69) is 5.32 Å². The van der Waals surface area contributed by atoms with Gasteiger partial charge in [0.25, 0.3) is 17.7 Å². The molecule has 0 unspecified atom stereocenters. The summed E-state index contributed by atoms with van der Waals surface area (Å²) in [6, 6.07) is 12.5. The molecule has 3 heterocycles. The monoisotopic (exact) mass is 501 g/mol. The van der Waals surface area contributed by atoms with Crippen molar-refractivity contribution in [3.05, 3.63) is 76.4 Å². The Morgan fingerprint density at radius 2 is 1.65 bits per heavy atom. The van der Waals surface area contributed by atoms with Crippen LogP contribution < -0.4 is 5.32 Å². The van der Waals surface area contributed by atoms with E-state index in [9.17, 15) is 22.8 Å². The number of nitrogens with one attached hydrogen (secondary N) is 1. The van der Waals surface area contributed by atoms with Crippen LogP contribution in [0, 0.1) is 6.92 Å². The Hall–Kier alpha value is -3.44. The fraction of sp³-hybridized carbons (Fsp3) is 0.261. The Labute approximate surface area is 200 Å². The summed E-state index contributed by atoms with van der Waals surface area (Å²) >= 11 is 1.15. The van der Waals surface area contributed by atoms with E-state index in [-0.39, 0.29) is 42.7 Å². The molecule has 4 rings (SSSR count). The fourth-order valence-corrected chi connectivity index (χ4v) is 5.68. The van der Waals surface area contributed by atoms with Gasteiger partial charge in [0.2, 0.25) is 15.2 Å². The van der Waals surface area contributed by atoms with Crippen LogP contribution in [-0.4, -0.2) is 67.5 Å². The van der Waals surface area contributed by atoms with Crippen molar-refractivity contribution in [2.75, 3.05) is 26.2 Å². The molecule has 1 N–H and O–H groups in total. The summed E-state index contributed by atoms with van der Waals surface area (Å²) in [5.41, 5.74) is 0.863. The molecule has 0 radical (unpaired) electrons. The van der Waals surface area contributed by atoms with Crippen LogP contribution in [0.4, 0.5) is 0 Å². The number of nitrogens with zero attached hydrogens (tertiary/aromatic N) is 2. The second-order valence-corrected chi connectivity index (χ2v) is 10.8. The molecule has 0 spiro atoms. The van der Waals surface area contributed by atoms with Gasteiger partial charge < -0.3 is 19.5 Å². The van der Waals surface area contributed by atoms with Crippen molar-refractivity contribution in [3.63, 3.8) is 0 Å². The van der Waals surface area contributed by atoms with E-state index in [1.807, 2.05) is 6.92 Å². The van der Waals surface area contributed by atoms with Crippen LogP contribution in [0.1, 0.15) is 25.8 Å². The molecule has 1 fully saturated rings. The van der Waals surface area contributed by atoms with Crippen LogP contribution in [0.3, 0.4) is 0 Å². The third-order valence-corrected chi connectivity index (χ3v) is 8.24. The normalized spacial score (nSPS) is 15.1. The molecule has 3 amide bonds. The van der Waals surface area contributed by atoms with Gasteiger partial charge in [-0.15, -0.1) is 11.3 Å². The van der Waals surface area contributed by atoms with Gasteiger partial charge >= 0.3 is 0 Å². The second kappa shape index (κ2) is 9.82. The molecule has 2 aromatic heterocycles. The van der Waals surface area contributed by atoms with Crippen LogP contribution in [0.15, 0.2) is 69.5 Å². The average Bonchev–Trinajstić information content (AvgIpc) is 3.57.